The van der Waals surface area contributed by atoms with Crippen LogP contribution in [0.5, 0.6) is 0 Å². The van der Waals surface area contributed by atoms with Crippen molar-refractivity contribution in [2.75, 3.05) is 31.1 Å². The normalized spacial score (nSPS) is 14.4. The van der Waals surface area contributed by atoms with Gasteiger partial charge in [0.1, 0.15) is 6.54 Å². The van der Waals surface area contributed by atoms with E-state index in [4.69, 9.17) is 11.6 Å². The van der Waals surface area contributed by atoms with Crippen LogP contribution in [0.3, 0.4) is 0 Å². The number of ether oxygens (including phenoxy) is 1. The fourth-order valence-electron chi connectivity index (χ4n) is 3.70. The number of nitrogens with one attached hydrogen (secondary N) is 1. The summed E-state index contributed by atoms with van der Waals surface area (Å²) >= 11 is 6.40. The van der Waals surface area contributed by atoms with Crippen molar-refractivity contribution in [2.24, 2.45) is 7.05 Å². The molecule has 1 aliphatic rings. The zero-order chi connectivity index (χ0) is 25.5. The number of hydrogen-bond donors (Lipinski definition) is 1. The first-order chi connectivity index (χ1) is 16.5. The Balaban J connectivity index is 1.95. The largest absolute Gasteiger partial charge is 0.491 e. The zero-order valence-electron chi connectivity index (χ0n) is 18.1. The minimum absolute atomic E-state index is 0.135. The Morgan fingerprint density at radius 2 is 1.83 bits per heavy atom. The number of imidazole rings is 1. The molecule has 3 aromatic rings. The third-order valence-electron chi connectivity index (χ3n) is 5.34. The maximum atomic E-state index is 13.2. The molecule has 0 spiro atoms. The lowest BCUT2D eigenvalue weighted by atomic mass is 10.3. The third kappa shape index (κ3) is 4.53. The minimum Gasteiger partial charge on any atom is -0.385 e. The van der Waals surface area contributed by atoms with E-state index < -0.39 is 35.9 Å². The number of carbonyl (C=O) groups excluding carboxylic acids is 2. The van der Waals surface area contributed by atoms with Gasteiger partial charge in [0.15, 0.2) is 11.2 Å². The summed E-state index contributed by atoms with van der Waals surface area (Å²) in [7, 11) is 1.14. The number of alkyl halides is 3. The van der Waals surface area contributed by atoms with E-state index in [0.717, 1.165) is 7.05 Å². The van der Waals surface area contributed by atoms with Gasteiger partial charge in [-0.2, -0.15) is 18.2 Å². The number of fused-ring (bicyclic) bond motifs is 1. The van der Waals surface area contributed by atoms with Crippen molar-refractivity contribution in [1.29, 1.82) is 0 Å². The summed E-state index contributed by atoms with van der Waals surface area (Å²) in [6.07, 6.45) is -5.40. The molecule has 1 N–H and O–H groups in total. The maximum absolute atomic E-state index is 13.2. The Morgan fingerprint density at radius 1 is 1.17 bits per heavy atom. The lowest BCUT2D eigenvalue weighted by Gasteiger charge is -2.28. The lowest BCUT2D eigenvalue weighted by Crippen LogP contribution is -2.44. The van der Waals surface area contributed by atoms with Gasteiger partial charge in [0.25, 0.3) is 5.56 Å². The van der Waals surface area contributed by atoms with E-state index in [2.05, 4.69) is 15.0 Å². The molecule has 4 rings (SSSR count). The van der Waals surface area contributed by atoms with Crippen molar-refractivity contribution in [2.45, 2.75) is 12.7 Å². The quantitative estimate of drug-likeness (QED) is 0.396. The van der Waals surface area contributed by atoms with Crippen molar-refractivity contribution in [1.82, 2.24) is 24.0 Å². The highest BCUT2D eigenvalue weighted by Crippen LogP contribution is 2.29. The average molecular weight is 515 g/mol. The maximum Gasteiger partial charge on any atom is 0.491 e. The molecule has 11 nitrogen and oxygen atoms in total. The van der Waals surface area contributed by atoms with Crippen molar-refractivity contribution >= 4 is 40.7 Å². The third-order valence-corrected chi connectivity index (χ3v) is 5.66. The number of rotatable bonds is 4. The van der Waals surface area contributed by atoms with Crippen LogP contribution in [-0.2, 0) is 27.9 Å². The molecule has 35 heavy (non-hydrogen) atoms. The number of piperazine rings is 1. The molecule has 1 fully saturated rings. The van der Waals surface area contributed by atoms with E-state index in [1.165, 1.54) is 4.57 Å². The number of aromatic nitrogens is 4. The van der Waals surface area contributed by atoms with Crippen LogP contribution >= 0.6 is 11.6 Å². The first-order valence-electron chi connectivity index (χ1n) is 10.3. The zero-order valence-corrected chi connectivity index (χ0v) is 18.9. The number of esters is 2. The Hall–Kier alpha value is -3.65. The SMILES string of the molecule is Cn1c(=O)c2c(nc(N3CCNCC3)n2-c2ccccc2Cl)n(CC(=O)OC(=O)C(F)(F)F)c1=O. The summed E-state index contributed by atoms with van der Waals surface area (Å²) in [6, 6.07) is 6.57. The van der Waals surface area contributed by atoms with Crippen molar-refractivity contribution < 1.29 is 27.5 Å². The molecule has 186 valence electrons. The van der Waals surface area contributed by atoms with Crippen LogP contribution in [0.1, 0.15) is 0 Å². The van der Waals surface area contributed by atoms with Crippen LogP contribution in [0, 0.1) is 0 Å². The van der Waals surface area contributed by atoms with Gasteiger partial charge in [-0.3, -0.25) is 18.5 Å². The van der Waals surface area contributed by atoms with Crippen LogP contribution in [-0.4, -0.2) is 63.0 Å². The number of benzene rings is 1. The first-order valence-corrected chi connectivity index (χ1v) is 10.6. The monoisotopic (exact) mass is 514 g/mol. The predicted molar refractivity (Wildman–Crippen MR) is 118 cm³/mol. The molecule has 0 amide bonds. The standard InChI is InChI=1S/C20H18ClF3N6O5/c1-27-16(32)14-15(29(19(27)34)10-13(31)35-17(33)20(22,23)24)26-18(28-8-6-25-7-9-28)30(14)12-5-3-2-4-11(12)21/h2-5,25H,6-10H2,1H3. The second kappa shape index (κ2) is 9.19. The fraction of sp³-hybridized carbons (Fsp3) is 0.350. The summed E-state index contributed by atoms with van der Waals surface area (Å²) in [5.41, 5.74) is -1.85. The summed E-state index contributed by atoms with van der Waals surface area (Å²) in [5.74, 6) is -4.13. The summed E-state index contributed by atoms with van der Waals surface area (Å²) in [4.78, 5) is 55.5. The molecule has 0 aliphatic carbocycles. The predicted octanol–water partition coefficient (Wildman–Crippen LogP) is 0.581. The van der Waals surface area contributed by atoms with E-state index >= 15 is 0 Å². The molecule has 0 bridgehead atoms. The van der Waals surface area contributed by atoms with Crippen LogP contribution in [0.2, 0.25) is 5.02 Å². The number of hydrogen-bond acceptors (Lipinski definition) is 8. The van der Waals surface area contributed by atoms with Crippen LogP contribution < -0.4 is 21.5 Å². The molecule has 0 unspecified atom stereocenters. The van der Waals surface area contributed by atoms with E-state index in [1.807, 2.05) is 4.90 Å². The Labute approximate surface area is 199 Å². The van der Waals surface area contributed by atoms with Gasteiger partial charge in [-0.1, -0.05) is 23.7 Å². The molecular weight excluding hydrogens is 497 g/mol. The van der Waals surface area contributed by atoms with Crippen LogP contribution in [0.4, 0.5) is 19.1 Å². The van der Waals surface area contributed by atoms with Gasteiger partial charge in [0.05, 0.1) is 10.7 Å². The molecule has 0 atom stereocenters. The highest BCUT2D eigenvalue weighted by molar-refractivity contribution is 6.32. The molecule has 3 heterocycles. The van der Waals surface area contributed by atoms with Gasteiger partial charge in [0, 0.05) is 33.2 Å². The van der Waals surface area contributed by atoms with Gasteiger partial charge < -0.3 is 15.0 Å². The number of nitrogens with zero attached hydrogens (tertiary/aromatic N) is 5. The number of carbonyl (C=O) groups is 2. The summed E-state index contributed by atoms with van der Waals surface area (Å²) in [6.45, 7) is 1.08. The van der Waals surface area contributed by atoms with Crippen molar-refractivity contribution in [3.05, 3.63) is 50.1 Å². The van der Waals surface area contributed by atoms with Gasteiger partial charge >= 0.3 is 23.8 Å². The Kier molecular flexibility index (Phi) is 6.42. The number of anilines is 1. The van der Waals surface area contributed by atoms with Gasteiger partial charge in [0.2, 0.25) is 5.95 Å². The Morgan fingerprint density at radius 3 is 2.46 bits per heavy atom. The molecule has 1 saturated heterocycles. The molecule has 1 aromatic carbocycles. The van der Waals surface area contributed by atoms with Crippen LogP contribution in [0.25, 0.3) is 16.9 Å². The summed E-state index contributed by atoms with van der Waals surface area (Å²) < 4.78 is 44.1. The topological polar surface area (TPSA) is 120 Å². The molecule has 2 aromatic heterocycles. The van der Waals surface area contributed by atoms with E-state index in [1.54, 1.807) is 24.3 Å². The van der Waals surface area contributed by atoms with Crippen molar-refractivity contribution in [3.8, 4) is 5.69 Å². The Bertz CT molecular complexity index is 1440. The van der Waals surface area contributed by atoms with Gasteiger partial charge in [-0.05, 0) is 12.1 Å². The smallest absolute Gasteiger partial charge is 0.385 e. The van der Waals surface area contributed by atoms with Crippen molar-refractivity contribution in [3.63, 3.8) is 0 Å². The molecule has 15 heteroatoms. The second-order valence-corrected chi connectivity index (χ2v) is 8.01. The van der Waals surface area contributed by atoms with E-state index in [-0.39, 0.29) is 22.1 Å². The number of para-hydroxylation sites is 1. The molecule has 1 aliphatic heterocycles. The second-order valence-electron chi connectivity index (χ2n) is 7.60. The average Bonchev–Trinajstić information content (AvgIpc) is 3.21. The fourth-order valence-corrected chi connectivity index (χ4v) is 3.92. The summed E-state index contributed by atoms with van der Waals surface area (Å²) in [5, 5.41) is 3.44. The van der Waals surface area contributed by atoms with E-state index in [9.17, 15) is 32.3 Å². The lowest BCUT2D eigenvalue weighted by molar-refractivity contribution is -0.202. The highest BCUT2D eigenvalue weighted by Gasteiger charge is 2.42. The molecule has 0 radical (unpaired) electrons. The molecule has 0 saturated carbocycles. The first kappa shape index (κ1) is 24.5. The van der Waals surface area contributed by atoms with Crippen LogP contribution in [0.15, 0.2) is 33.9 Å². The highest BCUT2D eigenvalue weighted by atomic mass is 35.5. The minimum atomic E-state index is -5.40. The van der Waals surface area contributed by atoms with E-state index in [0.29, 0.717) is 41.0 Å². The number of halogens is 4. The molecular formula is C20H18ClF3N6O5. The van der Waals surface area contributed by atoms with Gasteiger partial charge in [-0.15, -0.1) is 0 Å². The van der Waals surface area contributed by atoms with Gasteiger partial charge in [-0.25, -0.2) is 14.4 Å².